The van der Waals surface area contributed by atoms with Crippen LogP contribution in [0.5, 0.6) is 17.2 Å². The highest BCUT2D eigenvalue weighted by Crippen LogP contribution is 2.25. The highest BCUT2D eigenvalue weighted by Gasteiger charge is 2.01. The van der Waals surface area contributed by atoms with Crippen LogP contribution in [0.3, 0.4) is 0 Å². The number of carbonyl (C=O) groups is 1. The lowest BCUT2D eigenvalue weighted by Gasteiger charge is -2.08. The molecule has 0 radical (unpaired) electrons. The SMILES string of the molecule is COc1cccc(Oc2ccc(NC(=O)CN)cc2)c1. The second-order valence-corrected chi connectivity index (χ2v) is 4.06. The molecule has 0 heterocycles. The first-order valence-electron chi connectivity index (χ1n) is 6.13. The molecule has 0 bridgehead atoms. The molecule has 5 nitrogen and oxygen atoms in total. The molecule has 0 aromatic heterocycles. The van der Waals surface area contributed by atoms with Gasteiger partial charge in [-0.15, -0.1) is 0 Å². The van der Waals surface area contributed by atoms with Crippen molar-refractivity contribution >= 4 is 11.6 Å². The van der Waals surface area contributed by atoms with Crippen molar-refractivity contribution in [3.8, 4) is 17.2 Å². The summed E-state index contributed by atoms with van der Waals surface area (Å²) in [5, 5.41) is 2.66. The Hall–Kier alpha value is -2.53. The van der Waals surface area contributed by atoms with E-state index < -0.39 is 0 Å². The summed E-state index contributed by atoms with van der Waals surface area (Å²) in [6.45, 7) is -0.0396. The molecular formula is C15H16N2O3. The molecule has 0 saturated heterocycles. The quantitative estimate of drug-likeness (QED) is 0.876. The molecule has 1 amide bonds. The number of ether oxygens (including phenoxy) is 2. The van der Waals surface area contributed by atoms with E-state index in [2.05, 4.69) is 5.32 Å². The number of hydrogen-bond donors (Lipinski definition) is 2. The molecule has 20 heavy (non-hydrogen) atoms. The monoisotopic (exact) mass is 272 g/mol. The van der Waals surface area contributed by atoms with Crippen molar-refractivity contribution in [2.45, 2.75) is 0 Å². The molecule has 0 fully saturated rings. The lowest BCUT2D eigenvalue weighted by Crippen LogP contribution is -2.21. The first kappa shape index (κ1) is 13.9. The minimum Gasteiger partial charge on any atom is -0.497 e. The lowest BCUT2D eigenvalue weighted by molar-refractivity contribution is -0.114. The Kier molecular flexibility index (Phi) is 4.57. The zero-order valence-corrected chi connectivity index (χ0v) is 11.1. The standard InChI is InChI=1S/C15H16N2O3/c1-19-13-3-2-4-14(9-13)20-12-7-5-11(6-8-12)17-15(18)10-16/h2-9H,10,16H2,1H3,(H,17,18). The van der Waals surface area contributed by atoms with E-state index in [1.54, 1.807) is 37.4 Å². The van der Waals surface area contributed by atoms with Gasteiger partial charge in [-0.05, 0) is 36.4 Å². The maximum atomic E-state index is 11.1. The van der Waals surface area contributed by atoms with E-state index in [-0.39, 0.29) is 12.5 Å². The van der Waals surface area contributed by atoms with Crippen LogP contribution in [0, 0.1) is 0 Å². The zero-order valence-electron chi connectivity index (χ0n) is 11.1. The van der Waals surface area contributed by atoms with Crippen LogP contribution < -0.4 is 20.5 Å². The third-order valence-electron chi connectivity index (χ3n) is 2.60. The minimum atomic E-state index is -0.230. The van der Waals surface area contributed by atoms with Gasteiger partial charge in [-0.1, -0.05) is 6.07 Å². The summed E-state index contributed by atoms with van der Waals surface area (Å²) in [5.74, 6) is 1.85. The summed E-state index contributed by atoms with van der Waals surface area (Å²) in [7, 11) is 1.61. The second-order valence-electron chi connectivity index (χ2n) is 4.06. The molecule has 0 aliphatic rings. The Morgan fingerprint density at radius 3 is 2.45 bits per heavy atom. The van der Waals surface area contributed by atoms with Crippen LogP contribution in [0.25, 0.3) is 0 Å². The molecule has 0 spiro atoms. The molecule has 2 aromatic rings. The van der Waals surface area contributed by atoms with E-state index >= 15 is 0 Å². The third kappa shape index (κ3) is 3.73. The molecule has 5 heteroatoms. The average Bonchev–Trinajstić information content (AvgIpc) is 2.49. The number of carbonyl (C=O) groups excluding carboxylic acids is 1. The minimum absolute atomic E-state index is 0.0396. The number of hydrogen-bond acceptors (Lipinski definition) is 4. The van der Waals surface area contributed by atoms with E-state index in [0.29, 0.717) is 17.2 Å². The van der Waals surface area contributed by atoms with Gasteiger partial charge in [-0.25, -0.2) is 0 Å². The van der Waals surface area contributed by atoms with E-state index in [9.17, 15) is 4.79 Å². The largest absolute Gasteiger partial charge is 0.497 e. The van der Waals surface area contributed by atoms with Gasteiger partial charge in [0.05, 0.1) is 13.7 Å². The fourth-order valence-corrected chi connectivity index (χ4v) is 1.62. The van der Waals surface area contributed by atoms with Crippen molar-refractivity contribution in [3.63, 3.8) is 0 Å². The average molecular weight is 272 g/mol. The summed E-state index contributed by atoms with van der Waals surface area (Å²) >= 11 is 0. The molecule has 0 atom stereocenters. The van der Waals surface area contributed by atoms with Crippen molar-refractivity contribution in [2.24, 2.45) is 5.73 Å². The van der Waals surface area contributed by atoms with Crippen LogP contribution in [-0.2, 0) is 4.79 Å². The van der Waals surface area contributed by atoms with Crippen molar-refractivity contribution in [1.82, 2.24) is 0 Å². The fraction of sp³-hybridized carbons (Fsp3) is 0.133. The smallest absolute Gasteiger partial charge is 0.238 e. The van der Waals surface area contributed by atoms with E-state index in [1.807, 2.05) is 18.2 Å². The highest BCUT2D eigenvalue weighted by molar-refractivity contribution is 5.92. The van der Waals surface area contributed by atoms with Gasteiger partial charge in [0.25, 0.3) is 0 Å². The van der Waals surface area contributed by atoms with E-state index in [1.165, 1.54) is 0 Å². The molecule has 2 aromatic carbocycles. The molecule has 3 N–H and O–H groups in total. The summed E-state index contributed by atoms with van der Waals surface area (Å²) in [5.41, 5.74) is 5.91. The summed E-state index contributed by atoms with van der Waals surface area (Å²) in [6, 6.07) is 14.4. The van der Waals surface area contributed by atoms with Gasteiger partial charge in [-0.2, -0.15) is 0 Å². The van der Waals surface area contributed by atoms with Gasteiger partial charge >= 0.3 is 0 Å². The van der Waals surface area contributed by atoms with Crippen LogP contribution in [0.4, 0.5) is 5.69 Å². The molecule has 0 unspecified atom stereocenters. The summed E-state index contributed by atoms with van der Waals surface area (Å²) in [6.07, 6.45) is 0. The predicted octanol–water partition coefficient (Wildman–Crippen LogP) is 2.38. The summed E-state index contributed by atoms with van der Waals surface area (Å²) < 4.78 is 10.8. The Labute approximate surface area is 117 Å². The van der Waals surface area contributed by atoms with Crippen LogP contribution in [0.1, 0.15) is 0 Å². The first-order chi connectivity index (χ1) is 9.71. The third-order valence-corrected chi connectivity index (χ3v) is 2.60. The number of nitrogens with one attached hydrogen (secondary N) is 1. The van der Waals surface area contributed by atoms with Crippen molar-refractivity contribution in [1.29, 1.82) is 0 Å². The van der Waals surface area contributed by atoms with Gasteiger partial charge < -0.3 is 20.5 Å². The van der Waals surface area contributed by atoms with Crippen molar-refractivity contribution in [3.05, 3.63) is 48.5 Å². The maximum Gasteiger partial charge on any atom is 0.238 e. The molecular weight excluding hydrogens is 256 g/mol. The van der Waals surface area contributed by atoms with Crippen LogP contribution >= 0.6 is 0 Å². The van der Waals surface area contributed by atoms with Crippen molar-refractivity contribution in [2.75, 3.05) is 19.0 Å². The molecule has 0 saturated carbocycles. The first-order valence-corrected chi connectivity index (χ1v) is 6.13. The second kappa shape index (κ2) is 6.58. The topological polar surface area (TPSA) is 73.6 Å². The fourth-order valence-electron chi connectivity index (χ4n) is 1.62. The van der Waals surface area contributed by atoms with Crippen LogP contribution in [0.2, 0.25) is 0 Å². The number of amides is 1. The predicted molar refractivity (Wildman–Crippen MR) is 77.2 cm³/mol. The van der Waals surface area contributed by atoms with Gasteiger partial charge in [0.2, 0.25) is 5.91 Å². The maximum absolute atomic E-state index is 11.1. The lowest BCUT2D eigenvalue weighted by atomic mass is 10.3. The number of nitrogens with two attached hydrogens (primary N) is 1. The zero-order chi connectivity index (χ0) is 14.4. The van der Waals surface area contributed by atoms with Crippen molar-refractivity contribution < 1.29 is 14.3 Å². The Bertz CT molecular complexity index is 582. The summed E-state index contributed by atoms with van der Waals surface area (Å²) in [4.78, 5) is 11.1. The van der Waals surface area contributed by atoms with E-state index in [4.69, 9.17) is 15.2 Å². The number of benzene rings is 2. The molecule has 104 valence electrons. The number of rotatable bonds is 5. The van der Waals surface area contributed by atoms with Gasteiger partial charge in [0.15, 0.2) is 0 Å². The van der Waals surface area contributed by atoms with Crippen LogP contribution in [-0.4, -0.2) is 19.6 Å². The van der Waals surface area contributed by atoms with Gasteiger partial charge in [0, 0.05) is 11.8 Å². The molecule has 0 aliphatic heterocycles. The van der Waals surface area contributed by atoms with Gasteiger partial charge in [0.1, 0.15) is 17.2 Å². The highest BCUT2D eigenvalue weighted by atomic mass is 16.5. The number of methoxy groups -OCH3 is 1. The van der Waals surface area contributed by atoms with E-state index in [0.717, 1.165) is 5.75 Å². The Morgan fingerprint density at radius 2 is 1.80 bits per heavy atom. The van der Waals surface area contributed by atoms with Crippen LogP contribution in [0.15, 0.2) is 48.5 Å². The molecule has 0 aliphatic carbocycles. The Morgan fingerprint density at radius 1 is 1.10 bits per heavy atom. The Balaban J connectivity index is 2.04. The number of anilines is 1. The van der Waals surface area contributed by atoms with Gasteiger partial charge in [-0.3, -0.25) is 4.79 Å². The molecule has 2 rings (SSSR count). The normalized spacial score (nSPS) is 9.90.